The van der Waals surface area contributed by atoms with Crippen LogP contribution in [-0.2, 0) is 27.1 Å². The molecule has 0 saturated carbocycles. The van der Waals surface area contributed by atoms with Crippen LogP contribution in [0.3, 0.4) is 0 Å². The molecule has 3 nitrogen and oxygen atoms in total. The minimum absolute atomic E-state index is 0.0376. The van der Waals surface area contributed by atoms with E-state index in [0.717, 1.165) is 22.7 Å². The maximum absolute atomic E-state index is 2.54. The van der Waals surface area contributed by atoms with Crippen LogP contribution in [0.4, 0.5) is 45.5 Å². The van der Waals surface area contributed by atoms with Crippen LogP contribution in [0.1, 0.15) is 130 Å². The van der Waals surface area contributed by atoms with Gasteiger partial charge in [0.1, 0.15) is 0 Å². The van der Waals surface area contributed by atoms with Crippen molar-refractivity contribution in [2.75, 3.05) is 21.7 Å². The fraction of sp³-hybridized carbons (Fsp3) is 0.294. The molecule has 0 fully saturated rings. The van der Waals surface area contributed by atoms with E-state index in [9.17, 15) is 0 Å². The van der Waals surface area contributed by atoms with Crippen LogP contribution in [0.2, 0.25) is 0 Å². The van der Waals surface area contributed by atoms with E-state index in [1.165, 1.54) is 83.6 Å². The molecule has 8 aromatic carbocycles. The van der Waals surface area contributed by atoms with Crippen LogP contribution >= 0.6 is 0 Å². The molecule has 0 saturated heterocycles. The number of hydrogen-bond acceptors (Lipinski definition) is 3. The standard InChI is InChI=1S/C68H74BN3/c1-64(2,3)45-23-32-50(33-24-45)71(51-34-25-46(26-35-51)65(4,5)6)52-38-30-49(31-39-52)69-59-42-29-48(67(10,11)12)43-62(59)72(53-36-27-47(28-37-53)66(7,8)9)61-22-18-21-60(63(61)69)70(15)54-40-41-56-55-19-16-17-20-57(55)68(13,14)58(56)44-54/h16-44H,1-15H3. The Morgan fingerprint density at radius 1 is 0.417 bits per heavy atom. The molecule has 1 heterocycles. The Morgan fingerprint density at radius 2 is 0.889 bits per heavy atom. The summed E-state index contributed by atoms with van der Waals surface area (Å²) in [4.78, 5) is 7.40. The predicted octanol–water partition coefficient (Wildman–Crippen LogP) is 16.7. The molecule has 0 aromatic heterocycles. The van der Waals surface area contributed by atoms with Gasteiger partial charge in [0.2, 0.25) is 6.71 Å². The molecule has 0 unspecified atom stereocenters. The van der Waals surface area contributed by atoms with Crippen molar-refractivity contribution in [1.29, 1.82) is 0 Å². The smallest absolute Gasteiger partial charge is 0.249 e. The average molecular weight is 944 g/mol. The van der Waals surface area contributed by atoms with E-state index in [1.807, 2.05) is 0 Å². The summed E-state index contributed by atoms with van der Waals surface area (Å²) in [5.74, 6) is 0. The number of fused-ring (bicyclic) bond motifs is 5. The molecule has 2 aliphatic rings. The summed E-state index contributed by atoms with van der Waals surface area (Å²) in [6.45, 7) is 32.3. The van der Waals surface area contributed by atoms with Gasteiger partial charge in [-0.15, -0.1) is 0 Å². The van der Waals surface area contributed by atoms with Crippen LogP contribution in [0.15, 0.2) is 176 Å². The zero-order chi connectivity index (χ0) is 51.3. The molecule has 0 spiro atoms. The van der Waals surface area contributed by atoms with Gasteiger partial charge in [0.15, 0.2) is 0 Å². The lowest BCUT2D eigenvalue weighted by Crippen LogP contribution is -2.58. The van der Waals surface area contributed by atoms with Gasteiger partial charge in [-0.1, -0.05) is 199 Å². The third-order valence-corrected chi connectivity index (χ3v) is 15.8. The number of nitrogens with zero attached hydrogens (tertiary/aromatic N) is 3. The summed E-state index contributed by atoms with van der Waals surface area (Å²) in [5, 5.41) is 0. The molecule has 72 heavy (non-hydrogen) atoms. The maximum Gasteiger partial charge on any atom is 0.249 e. The number of benzene rings is 8. The van der Waals surface area contributed by atoms with E-state index >= 15 is 0 Å². The molecule has 364 valence electrons. The topological polar surface area (TPSA) is 9.72 Å². The molecule has 0 bridgehead atoms. The third kappa shape index (κ3) is 8.65. The van der Waals surface area contributed by atoms with E-state index < -0.39 is 0 Å². The van der Waals surface area contributed by atoms with Gasteiger partial charge in [0.25, 0.3) is 0 Å². The quantitative estimate of drug-likeness (QED) is 0.147. The van der Waals surface area contributed by atoms with Crippen molar-refractivity contribution in [1.82, 2.24) is 0 Å². The van der Waals surface area contributed by atoms with Crippen molar-refractivity contribution in [3.63, 3.8) is 0 Å². The largest absolute Gasteiger partial charge is 0.345 e. The highest BCUT2D eigenvalue weighted by molar-refractivity contribution is 6.99. The summed E-state index contributed by atoms with van der Waals surface area (Å²) in [6.07, 6.45) is 0. The van der Waals surface area contributed by atoms with E-state index in [4.69, 9.17) is 0 Å². The van der Waals surface area contributed by atoms with Crippen LogP contribution in [0.25, 0.3) is 11.1 Å². The lowest BCUT2D eigenvalue weighted by molar-refractivity contribution is 0.590. The van der Waals surface area contributed by atoms with Crippen molar-refractivity contribution in [3.8, 4) is 11.1 Å². The van der Waals surface area contributed by atoms with E-state index in [-0.39, 0.29) is 33.8 Å². The third-order valence-electron chi connectivity index (χ3n) is 15.8. The zero-order valence-electron chi connectivity index (χ0n) is 45.7. The first-order valence-corrected chi connectivity index (χ1v) is 26.2. The molecular formula is C68H74BN3. The second kappa shape index (κ2) is 17.5. The van der Waals surface area contributed by atoms with Crippen LogP contribution < -0.4 is 31.1 Å². The molecule has 8 aromatic rings. The highest BCUT2D eigenvalue weighted by Gasteiger charge is 2.40. The Kier molecular flexibility index (Phi) is 11.8. The molecule has 1 aliphatic carbocycles. The van der Waals surface area contributed by atoms with Gasteiger partial charge in [-0.3, -0.25) is 0 Å². The summed E-state index contributed by atoms with van der Waals surface area (Å²) >= 11 is 0. The number of rotatable bonds is 7. The lowest BCUT2D eigenvalue weighted by atomic mass is 9.34. The lowest BCUT2D eigenvalue weighted by Gasteiger charge is -2.40. The second-order valence-electron chi connectivity index (χ2n) is 25.3. The first-order chi connectivity index (χ1) is 33.9. The summed E-state index contributed by atoms with van der Waals surface area (Å²) < 4.78 is 0. The van der Waals surface area contributed by atoms with Gasteiger partial charge < -0.3 is 14.7 Å². The van der Waals surface area contributed by atoms with Gasteiger partial charge in [-0.2, -0.15) is 0 Å². The number of anilines is 8. The van der Waals surface area contributed by atoms with E-state index in [2.05, 4.69) is 295 Å². The summed E-state index contributed by atoms with van der Waals surface area (Å²) in [5.41, 5.74) is 23.9. The van der Waals surface area contributed by atoms with Crippen molar-refractivity contribution in [2.45, 2.75) is 124 Å². The molecular weight excluding hydrogens is 870 g/mol. The summed E-state index contributed by atoms with van der Waals surface area (Å²) in [6, 6.07) is 67.4. The molecule has 4 heteroatoms. The molecule has 0 atom stereocenters. The molecule has 0 radical (unpaired) electrons. The van der Waals surface area contributed by atoms with Crippen LogP contribution in [0.5, 0.6) is 0 Å². The van der Waals surface area contributed by atoms with Crippen molar-refractivity contribution < 1.29 is 0 Å². The first kappa shape index (κ1) is 48.8. The normalized spacial score (nSPS) is 14.1. The Bertz CT molecular complexity index is 3240. The Hall–Kier alpha value is -6.78. The fourth-order valence-corrected chi connectivity index (χ4v) is 11.3. The van der Waals surface area contributed by atoms with Gasteiger partial charge in [-0.05, 0) is 156 Å². The summed E-state index contributed by atoms with van der Waals surface area (Å²) in [7, 11) is 2.26. The van der Waals surface area contributed by atoms with E-state index in [0.29, 0.717) is 0 Å². The zero-order valence-corrected chi connectivity index (χ0v) is 45.7. The number of hydrogen-bond donors (Lipinski definition) is 0. The maximum atomic E-state index is 2.54. The van der Waals surface area contributed by atoms with Crippen LogP contribution in [0, 0.1) is 0 Å². The van der Waals surface area contributed by atoms with Crippen molar-refractivity contribution in [2.24, 2.45) is 0 Å². The predicted molar refractivity (Wildman–Crippen MR) is 314 cm³/mol. The minimum Gasteiger partial charge on any atom is -0.345 e. The van der Waals surface area contributed by atoms with Gasteiger partial charge in [0.05, 0.1) is 0 Å². The highest BCUT2D eigenvalue weighted by atomic mass is 15.2. The molecule has 10 rings (SSSR count). The molecule has 1 aliphatic heterocycles. The first-order valence-electron chi connectivity index (χ1n) is 26.2. The van der Waals surface area contributed by atoms with Gasteiger partial charge >= 0.3 is 0 Å². The monoisotopic (exact) mass is 944 g/mol. The fourth-order valence-electron chi connectivity index (χ4n) is 11.3. The van der Waals surface area contributed by atoms with Gasteiger partial charge in [0, 0.05) is 58.0 Å². The Labute approximate surface area is 432 Å². The minimum atomic E-state index is -0.111. The second-order valence-corrected chi connectivity index (χ2v) is 25.3. The average Bonchev–Trinajstić information content (AvgIpc) is 3.57. The SMILES string of the molecule is CN(c1ccc2c(c1)C(C)(C)c1ccccc1-2)c1cccc2c1B(c1ccc(N(c3ccc(C(C)(C)C)cc3)c3ccc(C(C)(C)C)cc3)cc1)c1ccc(C(C)(C)C)cc1N2c1ccc(C(C)(C)C)cc1. The Morgan fingerprint density at radius 3 is 1.43 bits per heavy atom. The molecule has 0 N–H and O–H groups in total. The van der Waals surface area contributed by atoms with E-state index in [1.54, 1.807) is 0 Å². The van der Waals surface area contributed by atoms with Crippen molar-refractivity contribution >= 4 is 68.6 Å². The van der Waals surface area contributed by atoms with Gasteiger partial charge in [-0.25, -0.2) is 0 Å². The highest BCUT2D eigenvalue weighted by Crippen LogP contribution is 2.50. The van der Waals surface area contributed by atoms with Crippen LogP contribution in [-0.4, -0.2) is 13.8 Å². The van der Waals surface area contributed by atoms with Crippen molar-refractivity contribution in [3.05, 3.63) is 209 Å². The Balaban J connectivity index is 1.16. The molecule has 0 amide bonds.